The second-order valence-electron chi connectivity index (χ2n) is 5.46. The van der Waals surface area contributed by atoms with Gasteiger partial charge in [0, 0.05) is 44.0 Å². The van der Waals surface area contributed by atoms with Crippen molar-refractivity contribution in [3.05, 3.63) is 0 Å². The minimum atomic E-state index is 0. The number of hydrogen-bond donors (Lipinski definition) is 2. The molecule has 0 saturated heterocycles. The molecule has 0 saturated carbocycles. The van der Waals surface area contributed by atoms with Crippen LogP contribution in [0.3, 0.4) is 0 Å². The second kappa shape index (κ2) is 15.2. The molecule has 0 unspecified atom stereocenters. The molecule has 0 bridgehead atoms. The molecule has 0 fully saturated rings. The van der Waals surface area contributed by atoms with E-state index < -0.39 is 0 Å². The summed E-state index contributed by atoms with van der Waals surface area (Å²) in [7, 11) is 0. The van der Waals surface area contributed by atoms with Gasteiger partial charge in [0.25, 0.3) is 0 Å². The van der Waals surface area contributed by atoms with Gasteiger partial charge in [0.15, 0.2) is 5.96 Å². The van der Waals surface area contributed by atoms with Crippen LogP contribution in [0, 0.1) is 0 Å². The molecule has 0 aromatic carbocycles. The predicted molar refractivity (Wildman–Crippen MR) is 109 cm³/mol. The first kappa shape index (κ1) is 23.6. The quantitative estimate of drug-likeness (QED) is 0.242. The number of rotatable bonds is 10. The van der Waals surface area contributed by atoms with Crippen molar-refractivity contribution in [2.75, 3.05) is 38.2 Å². The van der Waals surface area contributed by atoms with Gasteiger partial charge in [-0.1, -0.05) is 0 Å². The zero-order valence-electron chi connectivity index (χ0n) is 14.6. The van der Waals surface area contributed by atoms with Gasteiger partial charge in [-0.25, -0.2) is 0 Å². The van der Waals surface area contributed by atoms with E-state index in [2.05, 4.69) is 61.4 Å². The number of hydrogen-bond acceptors (Lipinski definition) is 3. The van der Waals surface area contributed by atoms with Gasteiger partial charge in [0.05, 0.1) is 0 Å². The summed E-state index contributed by atoms with van der Waals surface area (Å²) in [5, 5.41) is 6.65. The lowest BCUT2D eigenvalue weighted by Crippen LogP contribution is -2.39. The Labute approximate surface area is 153 Å². The van der Waals surface area contributed by atoms with Gasteiger partial charge in [0.1, 0.15) is 0 Å². The highest BCUT2D eigenvalue weighted by atomic mass is 127. The van der Waals surface area contributed by atoms with Gasteiger partial charge in [-0.05, 0) is 47.3 Å². The molecule has 0 amide bonds. The van der Waals surface area contributed by atoms with E-state index in [9.17, 15) is 0 Å². The lowest BCUT2D eigenvalue weighted by molar-refractivity contribution is 0.174. The minimum absolute atomic E-state index is 0. The van der Waals surface area contributed by atoms with Crippen LogP contribution in [0.5, 0.6) is 0 Å². The topological polar surface area (TPSA) is 39.7 Å². The molecular formula is C15H35IN4S. The van der Waals surface area contributed by atoms with Crippen LogP contribution in [0.25, 0.3) is 0 Å². The summed E-state index contributed by atoms with van der Waals surface area (Å²) in [6.45, 7) is 15.0. The van der Waals surface area contributed by atoms with Crippen LogP contribution in [0.2, 0.25) is 0 Å². The van der Waals surface area contributed by atoms with Crippen LogP contribution in [0.4, 0.5) is 0 Å². The van der Waals surface area contributed by atoms with Crippen molar-refractivity contribution in [2.24, 2.45) is 4.99 Å². The fraction of sp³-hybridized carbons (Fsp3) is 0.933. The van der Waals surface area contributed by atoms with Gasteiger partial charge >= 0.3 is 0 Å². The zero-order chi connectivity index (χ0) is 15.4. The largest absolute Gasteiger partial charge is 0.357 e. The van der Waals surface area contributed by atoms with Crippen molar-refractivity contribution < 1.29 is 0 Å². The third-order valence-corrected chi connectivity index (χ3v) is 3.73. The number of aliphatic imine (C=N–C) groups is 1. The Bertz CT molecular complexity index is 252. The number of nitrogens with one attached hydrogen (secondary N) is 2. The molecule has 21 heavy (non-hydrogen) atoms. The minimum Gasteiger partial charge on any atom is -0.357 e. The SMILES string of the molecule is CCNC(=NCCCN(C(C)C)C(C)C)NCCSC.I. The molecule has 4 nitrogen and oxygen atoms in total. The lowest BCUT2D eigenvalue weighted by atomic mass is 10.2. The highest BCUT2D eigenvalue weighted by Crippen LogP contribution is 2.05. The first-order valence-corrected chi connectivity index (χ1v) is 9.19. The molecule has 0 heterocycles. The Balaban J connectivity index is 0. The predicted octanol–water partition coefficient (Wildman–Crippen LogP) is 3.03. The summed E-state index contributed by atoms with van der Waals surface area (Å²) in [4.78, 5) is 7.15. The summed E-state index contributed by atoms with van der Waals surface area (Å²) in [5.74, 6) is 2.06. The van der Waals surface area contributed by atoms with E-state index in [4.69, 9.17) is 0 Å². The molecule has 0 rings (SSSR count). The molecule has 0 radical (unpaired) electrons. The van der Waals surface area contributed by atoms with E-state index in [1.54, 1.807) is 0 Å². The molecule has 0 atom stereocenters. The Kier molecular flexibility index (Phi) is 17.1. The van der Waals surface area contributed by atoms with E-state index in [-0.39, 0.29) is 24.0 Å². The Morgan fingerprint density at radius 1 is 1.14 bits per heavy atom. The molecule has 2 N–H and O–H groups in total. The van der Waals surface area contributed by atoms with Crippen molar-refractivity contribution >= 4 is 41.7 Å². The Morgan fingerprint density at radius 2 is 1.76 bits per heavy atom. The number of nitrogens with zero attached hydrogens (tertiary/aromatic N) is 2. The van der Waals surface area contributed by atoms with E-state index in [0.717, 1.165) is 44.3 Å². The van der Waals surface area contributed by atoms with Crippen LogP contribution in [0.15, 0.2) is 4.99 Å². The maximum absolute atomic E-state index is 4.63. The molecule has 0 spiro atoms. The van der Waals surface area contributed by atoms with Crippen molar-refractivity contribution in [2.45, 2.75) is 53.1 Å². The van der Waals surface area contributed by atoms with Crippen LogP contribution >= 0.6 is 35.7 Å². The van der Waals surface area contributed by atoms with Crippen LogP contribution in [-0.4, -0.2) is 61.1 Å². The molecule has 0 aromatic heterocycles. The molecule has 0 aromatic rings. The molecule has 6 heteroatoms. The number of thioether (sulfide) groups is 1. The number of halogens is 1. The highest BCUT2D eigenvalue weighted by molar-refractivity contribution is 14.0. The summed E-state index contributed by atoms with van der Waals surface area (Å²) < 4.78 is 0. The first-order valence-electron chi connectivity index (χ1n) is 7.79. The van der Waals surface area contributed by atoms with E-state index in [1.165, 1.54) is 0 Å². The monoisotopic (exact) mass is 430 g/mol. The summed E-state index contributed by atoms with van der Waals surface area (Å²) in [6, 6.07) is 1.21. The van der Waals surface area contributed by atoms with Crippen LogP contribution in [0.1, 0.15) is 41.0 Å². The average Bonchev–Trinajstić information content (AvgIpc) is 2.37. The van der Waals surface area contributed by atoms with Gasteiger partial charge in [-0.15, -0.1) is 24.0 Å². The fourth-order valence-electron chi connectivity index (χ4n) is 2.17. The van der Waals surface area contributed by atoms with E-state index in [1.807, 2.05) is 11.8 Å². The standard InChI is InChI=1S/C15H34N4S.HI/c1-7-16-15(18-10-12-20-6)17-9-8-11-19(13(2)3)14(4)5;/h13-14H,7-12H2,1-6H3,(H2,16,17,18);1H. The van der Waals surface area contributed by atoms with Crippen molar-refractivity contribution in [3.8, 4) is 0 Å². The molecule has 0 aliphatic heterocycles. The Hall–Kier alpha value is 0.310. The fourth-order valence-corrected chi connectivity index (χ4v) is 2.48. The van der Waals surface area contributed by atoms with Gasteiger partial charge in [-0.2, -0.15) is 11.8 Å². The smallest absolute Gasteiger partial charge is 0.191 e. The summed E-state index contributed by atoms with van der Waals surface area (Å²) in [6.07, 6.45) is 3.23. The maximum Gasteiger partial charge on any atom is 0.191 e. The Morgan fingerprint density at radius 3 is 2.24 bits per heavy atom. The van der Waals surface area contributed by atoms with E-state index >= 15 is 0 Å². The molecular weight excluding hydrogens is 395 g/mol. The van der Waals surface area contributed by atoms with Crippen molar-refractivity contribution in [1.29, 1.82) is 0 Å². The molecule has 0 aliphatic rings. The van der Waals surface area contributed by atoms with Crippen molar-refractivity contribution in [1.82, 2.24) is 15.5 Å². The molecule has 128 valence electrons. The van der Waals surface area contributed by atoms with Gasteiger partial charge in [-0.3, -0.25) is 9.89 Å². The average molecular weight is 430 g/mol. The van der Waals surface area contributed by atoms with Crippen molar-refractivity contribution in [3.63, 3.8) is 0 Å². The number of guanidine groups is 1. The zero-order valence-corrected chi connectivity index (χ0v) is 17.8. The van der Waals surface area contributed by atoms with Crippen LogP contribution in [-0.2, 0) is 0 Å². The molecule has 0 aliphatic carbocycles. The third-order valence-electron chi connectivity index (χ3n) is 3.11. The van der Waals surface area contributed by atoms with Gasteiger partial charge < -0.3 is 10.6 Å². The highest BCUT2D eigenvalue weighted by Gasteiger charge is 2.11. The maximum atomic E-state index is 4.63. The first-order chi connectivity index (χ1) is 9.52. The second-order valence-corrected chi connectivity index (χ2v) is 6.44. The normalized spacial score (nSPS) is 12.0. The van der Waals surface area contributed by atoms with Gasteiger partial charge in [0.2, 0.25) is 0 Å². The summed E-state index contributed by atoms with van der Waals surface area (Å²) >= 11 is 1.85. The third kappa shape index (κ3) is 12.5. The lowest BCUT2D eigenvalue weighted by Gasteiger charge is -2.30. The van der Waals surface area contributed by atoms with E-state index in [0.29, 0.717) is 12.1 Å². The van der Waals surface area contributed by atoms with Crippen LogP contribution < -0.4 is 10.6 Å². The summed E-state index contributed by atoms with van der Waals surface area (Å²) in [5.41, 5.74) is 0.